The minimum Gasteiger partial charge on any atom is -0.355 e. The van der Waals surface area contributed by atoms with Gasteiger partial charge in [0.05, 0.1) is 11.7 Å². The molecular weight excluding hydrogens is 260 g/mol. The molecule has 2 aromatic heterocycles. The first-order chi connectivity index (χ1) is 10.1. The largest absolute Gasteiger partial charge is 0.355 e. The summed E-state index contributed by atoms with van der Waals surface area (Å²) in [4.78, 5) is 6.75. The van der Waals surface area contributed by atoms with E-state index in [0.29, 0.717) is 0 Å². The molecule has 0 bridgehead atoms. The van der Waals surface area contributed by atoms with Gasteiger partial charge in [0.15, 0.2) is 0 Å². The smallest absolute Gasteiger partial charge is 0.114 e. The van der Waals surface area contributed by atoms with Crippen LogP contribution in [0, 0.1) is 6.92 Å². The number of nitrogens with zero attached hydrogens (tertiary/aromatic N) is 3. The number of pyridine rings is 1. The number of aryl methyl sites for hydroxylation is 1. The van der Waals surface area contributed by atoms with Gasteiger partial charge in [-0.1, -0.05) is 20.8 Å². The van der Waals surface area contributed by atoms with Gasteiger partial charge in [-0.15, -0.1) is 0 Å². The van der Waals surface area contributed by atoms with E-state index in [1.54, 1.807) is 0 Å². The highest BCUT2D eigenvalue weighted by Gasteiger charge is 2.29. The Bertz CT molecular complexity index is 589. The van der Waals surface area contributed by atoms with Gasteiger partial charge in [-0.2, -0.15) is 0 Å². The lowest BCUT2D eigenvalue weighted by molar-refractivity contribution is 0.313. The molecule has 4 nitrogen and oxygen atoms in total. The zero-order valence-corrected chi connectivity index (χ0v) is 14.0. The molecule has 2 aromatic rings. The zero-order chi connectivity index (χ0) is 15.5. The molecule has 0 radical (unpaired) electrons. The third-order valence-electron chi connectivity index (χ3n) is 4.22. The maximum atomic E-state index is 4.28. The summed E-state index contributed by atoms with van der Waals surface area (Å²) >= 11 is 0. The Hall–Kier alpha value is -1.55. The van der Waals surface area contributed by atoms with Crippen LogP contribution in [0.4, 0.5) is 5.82 Å². The molecule has 0 amide bonds. The molecule has 1 aliphatic rings. The van der Waals surface area contributed by atoms with E-state index in [1.807, 2.05) is 26.4 Å². The highest BCUT2D eigenvalue weighted by atomic mass is 15.3. The third kappa shape index (κ3) is 3.21. The molecule has 0 aromatic carbocycles. The summed E-state index contributed by atoms with van der Waals surface area (Å²) in [6.07, 6.45) is 4.98. The highest BCUT2D eigenvalue weighted by molar-refractivity contribution is 5.57. The van der Waals surface area contributed by atoms with Gasteiger partial charge in [-0.25, -0.2) is 4.98 Å². The summed E-state index contributed by atoms with van der Waals surface area (Å²) in [5.41, 5.74) is 2.67. The molecule has 1 atom stereocenters. The average Bonchev–Trinajstić information content (AvgIpc) is 2.96. The second kappa shape index (κ2) is 6.48. The maximum absolute atomic E-state index is 4.28. The van der Waals surface area contributed by atoms with Crippen molar-refractivity contribution in [1.82, 2.24) is 14.7 Å². The van der Waals surface area contributed by atoms with Crippen LogP contribution in [-0.4, -0.2) is 34.6 Å². The number of rotatable bonds is 2. The lowest BCUT2D eigenvalue weighted by Crippen LogP contribution is -2.58. The van der Waals surface area contributed by atoms with Gasteiger partial charge in [0.1, 0.15) is 12.1 Å². The van der Waals surface area contributed by atoms with E-state index in [9.17, 15) is 0 Å². The van der Waals surface area contributed by atoms with Crippen molar-refractivity contribution in [2.24, 2.45) is 0 Å². The SMILES string of the molecule is CC.CCC1(C)CN(c2cc(C)cc3cncn23)CCN1. The standard InChI is InChI=1S/C15H22N4.C2H6/c1-4-15(3)10-18(6-5-17-15)14-8-12(2)7-13-9-16-11-19(13)14;1-2/h7-9,11,17H,4-6,10H2,1-3H3;1-2H3. The molecule has 3 heterocycles. The molecule has 0 spiro atoms. The van der Waals surface area contributed by atoms with Crippen molar-refractivity contribution in [2.75, 3.05) is 24.5 Å². The number of piperazine rings is 1. The minimum absolute atomic E-state index is 0.203. The summed E-state index contributed by atoms with van der Waals surface area (Å²) in [6.45, 7) is 13.8. The first-order valence-electron chi connectivity index (χ1n) is 8.04. The zero-order valence-electron chi connectivity index (χ0n) is 14.0. The number of aromatic nitrogens is 2. The van der Waals surface area contributed by atoms with Gasteiger partial charge < -0.3 is 10.2 Å². The van der Waals surface area contributed by atoms with Crippen molar-refractivity contribution in [3.05, 3.63) is 30.2 Å². The van der Waals surface area contributed by atoms with E-state index in [1.165, 1.54) is 16.9 Å². The molecule has 0 saturated carbocycles. The lowest BCUT2D eigenvalue weighted by Gasteiger charge is -2.42. The van der Waals surface area contributed by atoms with E-state index in [-0.39, 0.29) is 5.54 Å². The Morgan fingerprint density at radius 2 is 2.10 bits per heavy atom. The van der Waals surface area contributed by atoms with Crippen molar-refractivity contribution in [3.8, 4) is 0 Å². The second-order valence-electron chi connectivity index (χ2n) is 5.84. The van der Waals surface area contributed by atoms with E-state index >= 15 is 0 Å². The van der Waals surface area contributed by atoms with Crippen LogP contribution in [0.3, 0.4) is 0 Å². The summed E-state index contributed by atoms with van der Waals surface area (Å²) in [5, 5.41) is 3.63. The molecule has 1 aliphatic heterocycles. The van der Waals surface area contributed by atoms with E-state index in [4.69, 9.17) is 0 Å². The van der Waals surface area contributed by atoms with E-state index in [2.05, 4.69) is 52.5 Å². The fourth-order valence-electron chi connectivity index (χ4n) is 2.88. The van der Waals surface area contributed by atoms with Gasteiger partial charge in [0, 0.05) is 25.2 Å². The second-order valence-corrected chi connectivity index (χ2v) is 5.84. The number of anilines is 1. The Morgan fingerprint density at radius 1 is 1.33 bits per heavy atom. The summed E-state index contributed by atoms with van der Waals surface area (Å²) in [7, 11) is 0. The quantitative estimate of drug-likeness (QED) is 0.921. The minimum atomic E-state index is 0.203. The van der Waals surface area contributed by atoms with Crippen LogP contribution in [0.5, 0.6) is 0 Å². The maximum Gasteiger partial charge on any atom is 0.114 e. The lowest BCUT2D eigenvalue weighted by atomic mass is 9.96. The van der Waals surface area contributed by atoms with Gasteiger partial charge in [0.2, 0.25) is 0 Å². The van der Waals surface area contributed by atoms with E-state index in [0.717, 1.165) is 26.1 Å². The van der Waals surface area contributed by atoms with Crippen LogP contribution in [0.15, 0.2) is 24.7 Å². The van der Waals surface area contributed by atoms with Crippen LogP contribution in [-0.2, 0) is 0 Å². The Morgan fingerprint density at radius 3 is 2.81 bits per heavy atom. The fraction of sp³-hybridized carbons (Fsp3) is 0.588. The number of imidazole rings is 1. The van der Waals surface area contributed by atoms with Gasteiger partial charge in [0.25, 0.3) is 0 Å². The van der Waals surface area contributed by atoms with Crippen LogP contribution >= 0.6 is 0 Å². The molecule has 116 valence electrons. The number of nitrogens with one attached hydrogen (secondary N) is 1. The monoisotopic (exact) mass is 288 g/mol. The predicted octanol–water partition coefficient (Wildman–Crippen LogP) is 3.25. The summed E-state index contributed by atoms with van der Waals surface area (Å²) < 4.78 is 2.19. The van der Waals surface area contributed by atoms with Gasteiger partial charge >= 0.3 is 0 Å². The van der Waals surface area contributed by atoms with Crippen molar-refractivity contribution in [1.29, 1.82) is 0 Å². The normalized spacial score (nSPS) is 22.0. The van der Waals surface area contributed by atoms with Crippen molar-refractivity contribution in [2.45, 2.75) is 46.6 Å². The van der Waals surface area contributed by atoms with Crippen LogP contribution < -0.4 is 10.2 Å². The van der Waals surface area contributed by atoms with Crippen molar-refractivity contribution in [3.63, 3.8) is 0 Å². The molecule has 1 N–H and O–H groups in total. The first kappa shape index (κ1) is 15.8. The van der Waals surface area contributed by atoms with Crippen LogP contribution in [0.2, 0.25) is 0 Å². The summed E-state index contributed by atoms with van der Waals surface area (Å²) in [6, 6.07) is 4.44. The Kier molecular flexibility index (Phi) is 4.88. The average molecular weight is 288 g/mol. The molecule has 1 saturated heterocycles. The highest BCUT2D eigenvalue weighted by Crippen LogP contribution is 2.24. The van der Waals surface area contributed by atoms with Crippen molar-refractivity contribution < 1.29 is 0 Å². The molecule has 0 aliphatic carbocycles. The Labute approximate surface area is 128 Å². The topological polar surface area (TPSA) is 32.6 Å². The van der Waals surface area contributed by atoms with E-state index < -0.39 is 0 Å². The predicted molar refractivity (Wildman–Crippen MR) is 90.2 cm³/mol. The van der Waals surface area contributed by atoms with Gasteiger partial charge in [-0.05, 0) is 38.0 Å². The Balaban J connectivity index is 0.000000774. The molecular formula is C17H28N4. The number of hydrogen-bond acceptors (Lipinski definition) is 3. The summed E-state index contributed by atoms with van der Waals surface area (Å²) in [5.74, 6) is 1.26. The van der Waals surface area contributed by atoms with Crippen LogP contribution in [0.25, 0.3) is 5.52 Å². The fourth-order valence-corrected chi connectivity index (χ4v) is 2.88. The first-order valence-corrected chi connectivity index (χ1v) is 8.04. The number of hydrogen-bond donors (Lipinski definition) is 1. The molecule has 21 heavy (non-hydrogen) atoms. The molecule has 3 rings (SSSR count). The molecule has 1 unspecified atom stereocenters. The number of fused-ring (bicyclic) bond motifs is 1. The van der Waals surface area contributed by atoms with Crippen molar-refractivity contribution >= 4 is 11.3 Å². The van der Waals surface area contributed by atoms with Gasteiger partial charge in [-0.3, -0.25) is 4.40 Å². The third-order valence-corrected chi connectivity index (χ3v) is 4.22. The molecule has 4 heteroatoms. The van der Waals surface area contributed by atoms with Crippen LogP contribution in [0.1, 0.15) is 39.7 Å². The molecule has 1 fully saturated rings.